The molecule has 0 bridgehead atoms. The summed E-state index contributed by atoms with van der Waals surface area (Å²) in [7, 11) is 0. The van der Waals surface area contributed by atoms with Gasteiger partial charge in [0.05, 0.1) is 17.9 Å². The number of amides is 2. The molecule has 2 aromatic rings. The largest absolute Gasteiger partial charge is 0.372 e. The molecule has 2 aromatic carbocycles. The molecule has 0 saturated carbocycles. The van der Waals surface area contributed by atoms with Crippen LogP contribution in [-0.4, -0.2) is 43.2 Å². The van der Waals surface area contributed by atoms with Crippen molar-refractivity contribution >= 4 is 23.2 Å². The average molecular weight is 464 g/mol. The number of anilines is 2. The predicted molar refractivity (Wildman–Crippen MR) is 120 cm³/mol. The van der Waals surface area contributed by atoms with Crippen LogP contribution in [0.1, 0.15) is 38.1 Å². The summed E-state index contributed by atoms with van der Waals surface area (Å²) in [4.78, 5) is 27.1. The fourth-order valence-corrected chi connectivity index (χ4v) is 3.90. The highest BCUT2D eigenvalue weighted by atomic mass is 19.1. The van der Waals surface area contributed by atoms with Crippen LogP contribution in [0.2, 0.25) is 0 Å². The van der Waals surface area contributed by atoms with Gasteiger partial charge in [0.25, 0.3) is 5.91 Å². The Kier molecular flexibility index (Phi) is 7.63. The van der Waals surface area contributed by atoms with Crippen molar-refractivity contribution in [3.05, 3.63) is 59.4 Å². The minimum absolute atomic E-state index is 0.0396. The summed E-state index contributed by atoms with van der Waals surface area (Å²) in [6, 6.07) is 6.31. The maximum Gasteiger partial charge on any atom is 0.257 e. The third-order valence-electron chi connectivity index (χ3n) is 5.40. The van der Waals surface area contributed by atoms with Crippen molar-refractivity contribution in [3.8, 4) is 0 Å². The molecule has 1 saturated heterocycles. The van der Waals surface area contributed by atoms with Crippen LogP contribution in [-0.2, 0) is 9.53 Å². The second-order valence-corrected chi connectivity index (χ2v) is 8.61. The molecule has 1 heterocycles. The van der Waals surface area contributed by atoms with Gasteiger partial charge in [-0.3, -0.25) is 9.59 Å². The van der Waals surface area contributed by atoms with Gasteiger partial charge < -0.3 is 20.3 Å². The number of hydrogen-bond acceptors (Lipinski definition) is 4. The molecule has 0 aliphatic carbocycles. The molecule has 0 spiro atoms. The Morgan fingerprint density at radius 2 is 1.61 bits per heavy atom. The van der Waals surface area contributed by atoms with Gasteiger partial charge in [0, 0.05) is 18.8 Å². The number of nitrogens with one attached hydrogen (secondary N) is 2. The van der Waals surface area contributed by atoms with Crippen molar-refractivity contribution in [3.63, 3.8) is 0 Å². The van der Waals surface area contributed by atoms with Crippen LogP contribution in [0.3, 0.4) is 0 Å². The zero-order valence-corrected chi connectivity index (χ0v) is 19.0. The van der Waals surface area contributed by atoms with Gasteiger partial charge in [-0.1, -0.05) is 19.9 Å². The fourth-order valence-electron chi connectivity index (χ4n) is 3.90. The van der Waals surface area contributed by atoms with Gasteiger partial charge in [0.1, 0.15) is 29.1 Å². The lowest BCUT2D eigenvalue weighted by Crippen LogP contribution is -2.47. The van der Waals surface area contributed by atoms with Crippen LogP contribution >= 0.6 is 0 Å². The number of ether oxygens (including phenoxy) is 1. The predicted octanol–water partition coefficient (Wildman–Crippen LogP) is 4.11. The summed E-state index contributed by atoms with van der Waals surface area (Å²) in [5, 5.41) is 4.95. The van der Waals surface area contributed by atoms with E-state index < -0.39 is 46.8 Å². The van der Waals surface area contributed by atoms with E-state index in [0.717, 1.165) is 18.2 Å². The molecule has 9 heteroatoms. The molecule has 2 unspecified atom stereocenters. The van der Waals surface area contributed by atoms with Gasteiger partial charge >= 0.3 is 0 Å². The molecular weight excluding hydrogens is 435 g/mol. The van der Waals surface area contributed by atoms with Crippen LogP contribution in [0.5, 0.6) is 0 Å². The Hall–Kier alpha value is -3.07. The van der Waals surface area contributed by atoms with Gasteiger partial charge in [0.15, 0.2) is 0 Å². The minimum atomic E-state index is -1.10. The molecule has 0 radical (unpaired) electrons. The number of rotatable bonds is 6. The molecule has 178 valence electrons. The van der Waals surface area contributed by atoms with Crippen molar-refractivity contribution in [2.24, 2.45) is 5.92 Å². The third kappa shape index (κ3) is 5.84. The Labute approximate surface area is 191 Å². The SMILES string of the molecule is CC1CN(c2ccc(NC(=O)[C@@H](NC(=O)c3c(F)cccc3F)C(C)C)cc2F)CC(C)O1. The smallest absolute Gasteiger partial charge is 0.257 e. The maximum absolute atomic E-state index is 14.8. The first-order valence-corrected chi connectivity index (χ1v) is 10.8. The van der Waals surface area contributed by atoms with E-state index in [9.17, 15) is 22.8 Å². The molecule has 1 aliphatic rings. The zero-order chi connectivity index (χ0) is 24.3. The minimum Gasteiger partial charge on any atom is -0.372 e. The van der Waals surface area contributed by atoms with E-state index in [1.807, 2.05) is 18.7 Å². The Balaban J connectivity index is 1.73. The van der Waals surface area contributed by atoms with Gasteiger partial charge in [-0.2, -0.15) is 0 Å². The van der Waals surface area contributed by atoms with E-state index in [1.165, 1.54) is 6.07 Å². The van der Waals surface area contributed by atoms with Gasteiger partial charge in [-0.05, 0) is 50.1 Å². The first-order valence-electron chi connectivity index (χ1n) is 10.8. The lowest BCUT2D eigenvalue weighted by molar-refractivity contribution is -0.118. The van der Waals surface area contributed by atoms with Crippen molar-refractivity contribution in [1.82, 2.24) is 5.32 Å². The lowest BCUT2D eigenvalue weighted by Gasteiger charge is -2.37. The zero-order valence-electron chi connectivity index (χ0n) is 19.0. The molecule has 0 aromatic heterocycles. The van der Waals surface area contributed by atoms with Crippen LogP contribution in [0.15, 0.2) is 36.4 Å². The summed E-state index contributed by atoms with van der Waals surface area (Å²) in [5.41, 5.74) is -0.161. The first kappa shape index (κ1) is 24.6. The fraction of sp³-hybridized carbons (Fsp3) is 0.417. The molecule has 1 aliphatic heterocycles. The average Bonchev–Trinajstić information content (AvgIpc) is 2.71. The third-order valence-corrected chi connectivity index (χ3v) is 5.40. The van der Waals surface area contributed by atoms with E-state index in [1.54, 1.807) is 26.0 Å². The van der Waals surface area contributed by atoms with Crippen LogP contribution in [0.25, 0.3) is 0 Å². The van der Waals surface area contributed by atoms with Crippen molar-refractivity contribution in [2.75, 3.05) is 23.3 Å². The summed E-state index contributed by atoms with van der Waals surface area (Å²) < 4.78 is 48.4. The van der Waals surface area contributed by atoms with Crippen LogP contribution in [0, 0.1) is 23.4 Å². The molecule has 6 nitrogen and oxygen atoms in total. The summed E-state index contributed by atoms with van der Waals surface area (Å²) in [6.07, 6.45) is -0.0792. The Morgan fingerprint density at radius 1 is 1.00 bits per heavy atom. The molecular formula is C24H28F3N3O3. The van der Waals surface area contributed by atoms with Crippen molar-refractivity contribution < 1.29 is 27.5 Å². The molecule has 1 fully saturated rings. The van der Waals surface area contributed by atoms with Gasteiger partial charge in [0.2, 0.25) is 5.91 Å². The molecule has 2 N–H and O–H groups in total. The number of nitrogens with zero attached hydrogens (tertiary/aromatic N) is 1. The second-order valence-electron chi connectivity index (χ2n) is 8.61. The topological polar surface area (TPSA) is 70.7 Å². The number of morpholine rings is 1. The highest BCUT2D eigenvalue weighted by molar-refractivity contribution is 6.01. The number of carbonyl (C=O) groups excluding carboxylic acids is 2. The molecule has 3 rings (SSSR count). The molecule has 2 amide bonds. The monoisotopic (exact) mass is 463 g/mol. The van der Waals surface area contributed by atoms with E-state index in [4.69, 9.17) is 4.74 Å². The standard InChI is InChI=1S/C24H28F3N3O3/c1-13(2)22(29-23(31)21-17(25)6-5-7-18(21)26)24(32)28-16-8-9-20(19(27)10-16)30-11-14(3)33-15(4)12-30/h5-10,13-15,22H,11-12H2,1-4H3,(H,28,32)(H,29,31)/t14?,15?,22-/m0/s1. The van der Waals surface area contributed by atoms with Crippen molar-refractivity contribution in [1.29, 1.82) is 0 Å². The second kappa shape index (κ2) is 10.2. The Bertz CT molecular complexity index is 1000. The number of benzene rings is 2. The van der Waals surface area contributed by atoms with Gasteiger partial charge in [-0.15, -0.1) is 0 Å². The summed E-state index contributed by atoms with van der Waals surface area (Å²) in [5.74, 6) is -4.64. The first-order chi connectivity index (χ1) is 15.6. The molecule has 33 heavy (non-hydrogen) atoms. The number of halogens is 3. The number of hydrogen-bond donors (Lipinski definition) is 2. The number of carbonyl (C=O) groups is 2. The molecule has 3 atom stereocenters. The highest BCUT2D eigenvalue weighted by Crippen LogP contribution is 2.26. The highest BCUT2D eigenvalue weighted by Gasteiger charge is 2.28. The van der Waals surface area contributed by atoms with Crippen LogP contribution < -0.4 is 15.5 Å². The van der Waals surface area contributed by atoms with E-state index in [-0.39, 0.29) is 17.9 Å². The van der Waals surface area contributed by atoms with E-state index >= 15 is 0 Å². The Morgan fingerprint density at radius 3 is 2.15 bits per heavy atom. The van der Waals surface area contributed by atoms with Gasteiger partial charge in [-0.25, -0.2) is 13.2 Å². The van der Waals surface area contributed by atoms with Crippen molar-refractivity contribution in [2.45, 2.75) is 45.9 Å². The van der Waals surface area contributed by atoms with E-state index in [0.29, 0.717) is 18.8 Å². The van der Waals surface area contributed by atoms with Crippen LogP contribution in [0.4, 0.5) is 24.5 Å². The normalized spacial score (nSPS) is 19.3. The lowest BCUT2D eigenvalue weighted by atomic mass is 10.0. The maximum atomic E-state index is 14.8. The van der Waals surface area contributed by atoms with E-state index in [2.05, 4.69) is 10.6 Å². The quantitative estimate of drug-likeness (QED) is 0.677. The summed E-state index contributed by atoms with van der Waals surface area (Å²) >= 11 is 0. The summed E-state index contributed by atoms with van der Waals surface area (Å²) in [6.45, 7) is 8.27.